The molecule has 6 rings (SSSR count). The minimum atomic E-state index is -4.01. The fourth-order valence-electron chi connectivity index (χ4n) is 4.86. The Morgan fingerprint density at radius 1 is 0.630 bits per heavy atom. The number of anilines is 4. The van der Waals surface area contributed by atoms with E-state index in [4.69, 9.17) is 16.6 Å². The highest BCUT2D eigenvalue weighted by Crippen LogP contribution is 2.22. The molecule has 0 saturated heterocycles. The smallest absolute Gasteiger partial charge is 0.278 e. The third-order valence-electron chi connectivity index (χ3n) is 7.74. The summed E-state index contributed by atoms with van der Waals surface area (Å²) in [4.78, 5) is 54.3. The van der Waals surface area contributed by atoms with Crippen molar-refractivity contribution in [1.82, 2.24) is 34.9 Å². The molecule has 2 aromatic carbocycles. The van der Waals surface area contributed by atoms with Crippen LogP contribution in [0.4, 0.5) is 23.0 Å². The number of aryl methyl sites for hydroxylation is 2. The predicted octanol–water partition coefficient (Wildman–Crippen LogP) is 2.43. The molecule has 0 aliphatic heterocycles. The lowest BCUT2D eigenvalue weighted by molar-refractivity contribution is 0.101. The van der Waals surface area contributed by atoms with Gasteiger partial charge in [-0.15, -0.1) is 0 Å². The molecule has 4 aromatic heterocycles. The molecule has 0 bridgehead atoms. The van der Waals surface area contributed by atoms with Crippen molar-refractivity contribution < 1.29 is 26.4 Å². The number of hydrogen-bond donors (Lipinski definition) is 5. The number of nitrogens with two attached hydrogens (primary N) is 3. The Morgan fingerprint density at radius 2 is 1.13 bits per heavy atom. The Labute approximate surface area is 308 Å². The summed E-state index contributed by atoms with van der Waals surface area (Å²) in [6.07, 6.45) is 6.42. The zero-order valence-corrected chi connectivity index (χ0v) is 29.8. The molecule has 0 radical (unpaired) electrons. The number of nitrogen functional groups attached to an aromatic ring is 2. The summed E-state index contributed by atoms with van der Waals surface area (Å²) in [5, 5.41) is 9.35. The van der Waals surface area contributed by atoms with Crippen molar-refractivity contribution >= 4 is 54.7 Å². The number of sulfonamides is 1. The molecular weight excluding hydrogens is 737 g/mol. The molecule has 8 N–H and O–H groups in total. The van der Waals surface area contributed by atoms with Gasteiger partial charge in [0.05, 0.1) is 59.5 Å². The molecule has 2 amide bonds. The van der Waals surface area contributed by atoms with Gasteiger partial charge in [0.25, 0.3) is 21.8 Å². The summed E-state index contributed by atoms with van der Waals surface area (Å²) in [7, 11) is -7.93. The molecule has 0 unspecified atom stereocenters. The first kappa shape index (κ1) is 37.0. The molecule has 18 nitrogen and oxygen atoms in total. The second-order valence-electron chi connectivity index (χ2n) is 11.7. The first-order valence-corrected chi connectivity index (χ1v) is 18.9. The lowest BCUT2D eigenvalue weighted by atomic mass is 10.1. The summed E-state index contributed by atoms with van der Waals surface area (Å²) in [5.74, 6) is -1.93. The molecule has 0 spiro atoms. The molecule has 4 heterocycles. The maximum atomic E-state index is 13.1. The molecular formula is C34H30N12O6S2. The average molecular weight is 767 g/mol. The minimum Gasteiger partial charge on any atom is -0.382 e. The standard InChI is InChI=1S/C34H30N12O6S2/c1-19-2-6-21(7-3-19)25-17-39-31(36)29(45-25)33(48)44-24-15-41-34(42-16-24)53(49,50)13-12-20-4-8-22(9-5-20)26-18-40-30(35)28(46-26)32(47)43-23-10-11-27(38-14-23)54(37,51)52/h2-11,14-18H,12-13H2,1H3,(H2,35,40)(H2,36,39)(H,43,47)(H,44,48)(H2,37,51,52). The number of carbonyl (C=O) groups is 2. The van der Waals surface area contributed by atoms with Gasteiger partial charge in [-0.3, -0.25) is 9.59 Å². The van der Waals surface area contributed by atoms with E-state index < -0.39 is 36.8 Å². The van der Waals surface area contributed by atoms with Gasteiger partial charge in [-0.2, -0.15) is 0 Å². The van der Waals surface area contributed by atoms with Crippen molar-refractivity contribution in [3.05, 3.63) is 114 Å². The molecule has 0 fully saturated rings. The van der Waals surface area contributed by atoms with Crippen LogP contribution in [0.15, 0.2) is 102 Å². The van der Waals surface area contributed by atoms with Crippen LogP contribution in [0.2, 0.25) is 0 Å². The van der Waals surface area contributed by atoms with Crippen molar-refractivity contribution in [2.75, 3.05) is 27.9 Å². The van der Waals surface area contributed by atoms with Gasteiger partial charge >= 0.3 is 0 Å². The summed E-state index contributed by atoms with van der Waals surface area (Å²) < 4.78 is 49.0. The summed E-state index contributed by atoms with van der Waals surface area (Å²) in [5.41, 5.74) is 15.6. The van der Waals surface area contributed by atoms with Gasteiger partial charge < -0.3 is 22.1 Å². The summed E-state index contributed by atoms with van der Waals surface area (Å²) in [6.45, 7) is 1.95. The molecule has 0 atom stereocenters. The van der Waals surface area contributed by atoms with Crippen molar-refractivity contribution in [1.29, 1.82) is 0 Å². The Balaban J connectivity index is 1.07. The topological polar surface area (TPSA) is 295 Å². The van der Waals surface area contributed by atoms with Crippen LogP contribution in [0.1, 0.15) is 32.1 Å². The van der Waals surface area contributed by atoms with Crippen LogP contribution in [0.25, 0.3) is 22.5 Å². The quantitative estimate of drug-likeness (QED) is 0.118. The van der Waals surface area contributed by atoms with Crippen LogP contribution >= 0.6 is 0 Å². The van der Waals surface area contributed by atoms with Gasteiger partial charge in [0.15, 0.2) is 28.0 Å². The van der Waals surface area contributed by atoms with Crippen LogP contribution in [0, 0.1) is 6.92 Å². The van der Waals surface area contributed by atoms with Crippen LogP contribution in [-0.4, -0.2) is 69.3 Å². The molecule has 0 aliphatic carbocycles. The third-order valence-corrected chi connectivity index (χ3v) is 10.1. The van der Waals surface area contributed by atoms with Gasteiger partial charge in [0.2, 0.25) is 15.0 Å². The van der Waals surface area contributed by atoms with Crippen molar-refractivity contribution in [3.8, 4) is 22.5 Å². The predicted molar refractivity (Wildman–Crippen MR) is 198 cm³/mol. The highest BCUT2D eigenvalue weighted by Gasteiger charge is 2.21. The number of aromatic nitrogens is 7. The maximum Gasteiger partial charge on any atom is 0.278 e. The van der Waals surface area contributed by atoms with Crippen molar-refractivity contribution in [3.63, 3.8) is 0 Å². The first-order valence-electron chi connectivity index (χ1n) is 15.7. The Morgan fingerprint density at radius 3 is 1.63 bits per heavy atom. The molecule has 0 saturated carbocycles. The number of nitrogens with one attached hydrogen (secondary N) is 2. The first-order chi connectivity index (χ1) is 25.7. The second-order valence-corrected chi connectivity index (χ2v) is 15.2. The maximum absolute atomic E-state index is 13.1. The monoisotopic (exact) mass is 766 g/mol. The van der Waals surface area contributed by atoms with Gasteiger partial charge in [-0.25, -0.2) is 56.9 Å². The van der Waals surface area contributed by atoms with E-state index in [1.807, 2.05) is 31.2 Å². The SMILES string of the molecule is Cc1ccc(-c2cnc(N)c(C(=O)Nc3cnc(S(=O)(=O)CCc4ccc(-c5cnc(N)c(C(=O)Nc6ccc(S(N)(=O)=O)nc6)n5)cc4)nc3)n2)cc1. The number of primary sulfonamides is 1. The van der Waals surface area contributed by atoms with Crippen LogP contribution in [0.5, 0.6) is 0 Å². The Kier molecular flexibility index (Phi) is 10.3. The number of sulfone groups is 1. The highest BCUT2D eigenvalue weighted by atomic mass is 32.2. The van der Waals surface area contributed by atoms with E-state index in [-0.39, 0.29) is 51.6 Å². The lowest BCUT2D eigenvalue weighted by Crippen LogP contribution is -2.18. The van der Waals surface area contributed by atoms with E-state index in [2.05, 4.69) is 45.5 Å². The average Bonchev–Trinajstić information content (AvgIpc) is 3.15. The Bertz CT molecular complexity index is 2590. The van der Waals surface area contributed by atoms with E-state index in [0.29, 0.717) is 22.5 Å². The third kappa shape index (κ3) is 8.63. The van der Waals surface area contributed by atoms with Gasteiger partial charge in [-0.05, 0) is 31.0 Å². The van der Waals surface area contributed by atoms with E-state index >= 15 is 0 Å². The number of pyridine rings is 1. The normalized spacial score (nSPS) is 11.5. The van der Waals surface area contributed by atoms with Crippen LogP contribution < -0.4 is 27.2 Å². The molecule has 6 aromatic rings. The number of carbonyl (C=O) groups excluding carboxylic acids is 2. The summed E-state index contributed by atoms with van der Waals surface area (Å²) >= 11 is 0. The number of nitrogens with zero attached hydrogens (tertiary/aromatic N) is 7. The van der Waals surface area contributed by atoms with Crippen LogP contribution in [0.3, 0.4) is 0 Å². The number of rotatable bonds is 11. The van der Waals surface area contributed by atoms with E-state index in [1.165, 1.54) is 30.9 Å². The lowest BCUT2D eigenvalue weighted by Gasteiger charge is -2.09. The Hall–Kier alpha value is -6.77. The number of hydrogen-bond acceptors (Lipinski definition) is 15. The number of amides is 2. The zero-order chi connectivity index (χ0) is 38.6. The molecule has 274 valence electrons. The van der Waals surface area contributed by atoms with E-state index in [0.717, 1.165) is 23.4 Å². The molecule has 0 aliphatic rings. The largest absolute Gasteiger partial charge is 0.382 e. The van der Waals surface area contributed by atoms with E-state index in [9.17, 15) is 26.4 Å². The second kappa shape index (κ2) is 15.1. The van der Waals surface area contributed by atoms with Crippen LogP contribution in [-0.2, 0) is 26.3 Å². The fraction of sp³-hybridized carbons (Fsp3) is 0.0882. The number of benzene rings is 2. The van der Waals surface area contributed by atoms with Gasteiger partial charge in [0, 0.05) is 11.1 Å². The molecule has 54 heavy (non-hydrogen) atoms. The fourth-order valence-corrected chi connectivity index (χ4v) is 6.43. The summed E-state index contributed by atoms with van der Waals surface area (Å²) in [6, 6.07) is 16.7. The molecule has 20 heteroatoms. The highest BCUT2D eigenvalue weighted by molar-refractivity contribution is 7.91. The van der Waals surface area contributed by atoms with E-state index in [1.54, 1.807) is 24.3 Å². The minimum absolute atomic E-state index is 0.0852. The van der Waals surface area contributed by atoms with Crippen molar-refractivity contribution in [2.45, 2.75) is 23.5 Å². The zero-order valence-electron chi connectivity index (χ0n) is 28.2. The van der Waals surface area contributed by atoms with Crippen molar-refractivity contribution in [2.24, 2.45) is 5.14 Å². The van der Waals surface area contributed by atoms with Gasteiger partial charge in [-0.1, -0.05) is 54.1 Å². The van der Waals surface area contributed by atoms with Gasteiger partial charge in [0.1, 0.15) is 0 Å².